The molecule has 6 nitrogen and oxygen atoms in total. The van der Waals surface area contributed by atoms with E-state index in [1.165, 1.54) is 11.8 Å². The van der Waals surface area contributed by atoms with Gasteiger partial charge in [-0.3, -0.25) is 0 Å². The van der Waals surface area contributed by atoms with Gasteiger partial charge in [-0.1, -0.05) is 48.2 Å². The molecule has 0 aliphatic rings. The van der Waals surface area contributed by atoms with Crippen LogP contribution < -0.4 is 4.74 Å². The second kappa shape index (κ2) is 10.4. The fraction of sp³-hybridized carbons (Fsp3) is 0.217. The molecule has 0 radical (unpaired) electrons. The maximum Gasteiger partial charge on any atom is 0.338 e. The fourth-order valence-corrected chi connectivity index (χ4v) is 3.06. The van der Waals surface area contributed by atoms with E-state index in [1.807, 2.05) is 30.5 Å². The van der Waals surface area contributed by atoms with Crippen molar-refractivity contribution in [3.05, 3.63) is 88.4 Å². The van der Waals surface area contributed by atoms with Crippen LogP contribution >= 0.6 is 11.8 Å². The molecule has 0 fully saturated rings. The first kappa shape index (κ1) is 21.3. The van der Waals surface area contributed by atoms with Crippen LogP contribution in [0.4, 0.5) is 5.69 Å². The third-order valence-electron chi connectivity index (χ3n) is 4.29. The maximum absolute atomic E-state index is 11.8. The predicted octanol–water partition coefficient (Wildman–Crippen LogP) is 5.10. The van der Waals surface area contributed by atoms with Crippen LogP contribution in [0.1, 0.15) is 34.0 Å². The lowest BCUT2D eigenvalue weighted by Gasteiger charge is -2.12. The molecule has 3 aromatic rings. The Bertz CT molecular complexity index is 1040. The van der Waals surface area contributed by atoms with Crippen LogP contribution in [0, 0.1) is 6.57 Å². The summed E-state index contributed by atoms with van der Waals surface area (Å²) in [5, 5.41) is 0.634. The van der Waals surface area contributed by atoms with Crippen molar-refractivity contribution >= 4 is 23.4 Å². The van der Waals surface area contributed by atoms with E-state index in [1.54, 1.807) is 37.4 Å². The van der Waals surface area contributed by atoms with E-state index in [4.69, 9.17) is 16.0 Å². The van der Waals surface area contributed by atoms with Gasteiger partial charge in [-0.05, 0) is 36.4 Å². The molecule has 0 N–H and O–H groups in total. The standard InChI is InChI=1S/C23H21N3O3S/c1-4-28-22(27)18-9-5-16(6-10-18)13-19-14-25-23(30-3)26-21(19)29-15-17-7-11-20(24-2)12-8-17/h5-12,14H,4,13,15H2,1,3H3. The molecule has 1 heterocycles. The molecule has 30 heavy (non-hydrogen) atoms. The summed E-state index contributed by atoms with van der Waals surface area (Å²) in [6.07, 6.45) is 4.26. The first-order valence-electron chi connectivity index (χ1n) is 9.38. The number of esters is 1. The zero-order valence-corrected chi connectivity index (χ0v) is 17.6. The number of hydrogen-bond acceptors (Lipinski definition) is 6. The topological polar surface area (TPSA) is 65.7 Å². The third-order valence-corrected chi connectivity index (χ3v) is 4.85. The van der Waals surface area contributed by atoms with Gasteiger partial charge in [0.1, 0.15) is 6.61 Å². The lowest BCUT2D eigenvalue weighted by Crippen LogP contribution is -2.05. The second-order valence-electron chi connectivity index (χ2n) is 6.35. The van der Waals surface area contributed by atoms with Crippen molar-refractivity contribution in [1.29, 1.82) is 0 Å². The molecule has 0 spiro atoms. The van der Waals surface area contributed by atoms with Gasteiger partial charge in [0.15, 0.2) is 10.8 Å². The summed E-state index contributed by atoms with van der Waals surface area (Å²) < 4.78 is 11.0. The smallest absolute Gasteiger partial charge is 0.338 e. The Kier molecular flexibility index (Phi) is 7.41. The largest absolute Gasteiger partial charge is 0.472 e. The number of thioether (sulfide) groups is 1. The van der Waals surface area contributed by atoms with Crippen LogP contribution in [-0.4, -0.2) is 28.8 Å². The number of benzene rings is 2. The highest BCUT2D eigenvalue weighted by molar-refractivity contribution is 7.98. The number of carbonyl (C=O) groups excluding carboxylic acids is 1. The monoisotopic (exact) mass is 419 g/mol. The molecule has 3 rings (SSSR count). The number of carbonyl (C=O) groups is 1. The number of hydrogen-bond donors (Lipinski definition) is 0. The zero-order valence-electron chi connectivity index (χ0n) is 16.8. The SMILES string of the molecule is [C-]#[N+]c1ccc(COc2nc(SC)ncc2Cc2ccc(C(=O)OCC)cc2)cc1. The highest BCUT2D eigenvalue weighted by Crippen LogP contribution is 2.23. The van der Waals surface area contributed by atoms with Gasteiger partial charge in [-0.25, -0.2) is 14.6 Å². The second-order valence-corrected chi connectivity index (χ2v) is 7.12. The summed E-state index contributed by atoms with van der Waals surface area (Å²) >= 11 is 1.45. The average Bonchev–Trinajstić information content (AvgIpc) is 2.79. The van der Waals surface area contributed by atoms with Crippen molar-refractivity contribution in [2.45, 2.75) is 25.1 Å². The van der Waals surface area contributed by atoms with Crippen LogP contribution in [-0.2, 0) is 17.8 Å². The minimum atomic E-state index is -0.329. The normalized spacial score (nSPS) is 10.3. The quantitative estimate of drug-likeness (QED) is 0.219. The van der Waals surface area contributed by atoms with Gasteiger partial charge in [0.05, 0.1) is 18.7 Å². The fourth-order valence-electron chi connectivity index (χ4n) is 2.73. The van der Waals surface area contributed by atoms with E-state index in [2.05, 4.69) is 14.8 Å². The molecule has 0 amide bonds. The first-order valence-corrected chi connectivity index (χ1v) is 10.6. The first-order chi connectivity index (χ1) is 14.6. The Hall–Kier alpha value is -3.37. The van der Waals surface area contributed by atoms with Gasteiger partial charge in [-0.2, -0.15) is 4.98 Å². The number of aromatic nitrogens is 2. The molecule has 0 unspecified atom stereocenters. The third kappa shape index (κ3) is 5.58. The van der Waals surface area contributed by atoms with Crippen LogP contribution in [0.15, 0.2) is 59.9 Å². The number of nitrogens with zero attached hydrogens (tertiary/aromatic N) is 3. The van der Waals surface area contributed by atoms with E-state index < -0.39 is 0 Å². The number of ether oxygens (including phenoxy) is 2. The van der Waals surface area contributed by atoms with Crippen molar-refractivity contribution in [3.63, 3.8) is 0 Å². The molecule has 0 saturated carbocycles. The highest BCUT2D eigenvalue weighted by atomic mass is 32.2. The van der Waals surface area contributed by atoms with Crippen LogP contribution in [0.2, 0.25) is 0 Å². The summed E-state index contributed by atoms with van der Waals surface area (Å²) in [6, 6.07) is 14.6. The summed E-state index contributed by atoms with van der Waals surface area (Å²) in [5.74, 6) is 0.197. The lowest BCUT2D eigenvalue weighted by molar-refractivity contribution is 0.0526. The molecular weight excluding hydrogens is 398 g/mol. The summed E-state index contributed by atoms with van der Waals surface area (Å²) in [7, 11) is 0. The molecule has 0 saturated heterocycles. The molecule has 0 aliphatic carbocycles. The van der Waals surface area contributed by atoms with E-state index >= 15 is 0 Å². The van der Waals surface area contributed by atoms with Gasteiger partial charge in [-0.15, -0.1) is 0 Å². The van der Waals surface area contributed by atoms with Gasteiger partial charge in [0.2, 0.25) is 5.88 Å². The Labute approximate surface area is 180 Å². The molecule has 1 aromatic heterocycles. The van der Waals surface area contributed by atoms with E-state index in [9.17, 15) is 4.79 Å². The van der Waals surface area contributed by atoms with Crippen LogP contribution in [0.3, 0.4) is 0 Å². The molecular formula is C23H21N3O3S. The van der Waals surface area contributed by atoms with Crippen molar-refractivity contribution in [2.75, 3.05) is 12.9 Å². The van der Waals surface area contributed by atoms with Gasteiger partial charge in [0.25, 0.3) is 0 Å². The average molecular weight is 420 g/mol. The van der Waals surface area contributed by atoms with Crippen molar-refractivity contribution in [1.82, 2.24) is 9.97 Å². The van der Waals surface area contributed by atoms with Crippen LogP contribution in [0.5, 0.6) is 5.88 Å². The van der Waals surface area contributed by atoms with Gasteiger partial charge >= 0.3 is 5.97 Å². The summed E-state index contributed by atoms with van der Waals surface area (Å²) in [6.45, 7) is 9.51. The van der Waals surface area contributed by atoms with Crippen molar-refractivity contribution in [2.24, 2.45) is 0 Å². The molecule has 0 aliphatic heterocycles. The minimum Gasteiger partial charge on any atom is -0.472 e. The molecule has 0 atom stereocenters. The summed E-state index contributed by atoms with van der Waals surface area (Å²) in [4.78, 5) is 24.1. The van der Waals surface area contributed by atoms with Crippen molar-refractivity contribution in [3.8, 4) is 5.88 Å². The minimum absolute atomic E-state index is 0.329. The van der Waals surface area contributed by atoms with Gasteiger partial charge < -0.3 is 9.47 Å². The zero-order chi connectivity index (χ0) is 21.3. The maximum atomic E-state index is 11.8. The Morgan fingerprint density at radius 2 is 1.80 bits per heavy atom. The summed E-state index contributed by atoms with van der Waals surface area (Å²) in [5.41, 5.74) is 3.94. The van der Waals surface area contributed by atoms with Gasteiger partial charge in [0, 0.05) is 18.2 Å². The predicted molar refractivity (Wildman–Crippen MR) is 116 cm³/mol. The van der Waals surface area contributed by atoms with E-state index in [0.717, 1.165) is 16.7 Å². The Morgan fingerprint density at radius 3 is 2.43 bits per heavy atom. The Morgan fingerprint density at radius 1 is 1.10 bits per heavy atom. The number of rotatable bonds is 8. The highest BCUT2D eigenvalue weighted by Gasteiger charge is 2.11. The molecule has 0 bridgehead atoms. The van der Waals surface area contributed by atoms with Crippen LogP contribution in [0.25, 0.3) is 4.85 Å². The molecule has 152 valence electrons. The molecule has 7 heteroatoms. The van der Waals surface area contributed by atoms with Crippen molar-refractivity contribution < 1.29 is 14.3 Å². The molecule has 2 aromatic carbocycles. The van der Waals surface area contributed by atoms with E-state index in [-0.39, 0.29) is 5.97 Å². The van der Waals surface area contributed by atoms with E-state index in [0.29, 0.717) is 41.9 Å². The lowest BCUT2D eigenvalue weighted by atomic mass is 10.1. The Balaban J connectivity index is 1.75.